The third kappa shape index (κ3) is 2.37. The molecule has 20 heavy (non-hydrogen) atoms. The van der Waals surface area contributed by atoms with Crippen LogP contribution in [0.15, 0.2) is 12.1 Å². The zero-order valence-corrected chi connectivity index (χ0v) is 11.3. The molecule has 0 saturated heterocycles. The third-order valence-corrected chi connectivity index (χ3v) is 4.23. The van der Waals surface area contributed by atoms with Gasteiger partial charge in [-0.3, -0.25) is 4.79 Å². The summed E-state index contributed by atoms with van der Waals surface area (Å²) in [6.45, 7) is 1.52. The summed E-state index contributed by atoms with van der Waals surface area (Å²) in [4.78, 5) is 11.7. The van der Waals surface area contributed by atoms with E-state index in [0.717, 1.165) is 25.3 Å². The van der Waals surface area contributed by atoms with Crippen LogP contribution in [0.3, 0.4) is 0 Å². The number of aryl methyl sites for hydroxylation is 1. The smallest absolute Gasteiger partial charge is 0.314 e. The fourth-order valence-electron chi connectivity index (χ4n) is 3.03. The predicted octanol–water partition coefficient (Wildman–Crippen LogP) is 3.92. The normalized spacial score (nSPS) is 18.2. The number of halogens is 2. The van der Waals surface area contributed by atoms with Gasteiger partial charge in [-0.2, -0.15) is 0 Å². The molecule has 1 aromatic rings. The Bertz CT molecular complexity index is 520. The Kier molecular flexibility index (Phi) is 3.97. The highest BCUT2D eigenvalue weighted by Crippen LogP contribution is 2.43. The Morgan fingerprint density at radius 3 is 2.35 bits per heavy atom. The van der Waals surface area contributed by atoms with E-state index in [1.54, 1.807) is 0 Å². The summed E-state index contributed by atoms with van der Waals surface area (Å²) in [7, 11) is 0. The zero-order chi connectivity index (χ0) is 14.9. The van der Waals surface area contributed by atoms with Crippen LogP contribution < -0.4 is 0 Å². The molecule has 0 heterocycles. The van der Waals surface area contributed by atoms with Gasteiger partial charge in [-0.1, -0.05) is 25.3 Å². The number of benzene rings is 1. The van der Waals surface area contributed by atoms with Gasteiger partial charge in [0.25, 0.3) is 6.43 Å². The van der Waals surface area contributed by atoms with Crippen molar-refractivity contribution in [3.8, 4) is 5.75 Å². The Hall–Kier alpha value is -1.65. The van der Waals surface area contributed by atoms with Gasteiger partial charge < -0.3 is 10.2 Å². The molecular formula is C15H18F2O3. The second kappa shape index (κ2) is 5.38. The van der Waals surface area contributed by atoms with Crippen molar-refractivity contribution in [3.05, 3.63) is 28.8 Å². The molecule has 0 aliphatic heterocycles. The first-order chi connectivity index (χ1) is 9.38. The SMILES string of the molecule is Cc1cc(C2(C(=O)O)CCCCC2)cc(C(F)F)c1O. The molecule has 0 bridgehead atoms. The van der Waals surface area contributed by atoms with Crippen LogP contribution in [0.5, 0.6) is 5.75 Å². The van der Waals surface area contributed by atoms with Gasteiger partial charge in [0.1, 0.15) is 5.75 Å². The summed E-state index contributed by atoms with van der Waals surface area (Å²) in [6.07, 6.45) is 0.605. The van der Waals surface area contributed by atoms with Crippen LogP contribution in [-0.4, -0.2) is 16.2 Å². The molecule has 2 rings (SSSR count). The Balaban J connectivity index is 2.57. The van der Waals surface area contributed by atoms with Crippen LogP contribution in [0.4, 0.5) is 8.78 Å². The molecule has 1 aliphatic carbocycles. The lowest BCUT2D eigenvalue weighted by Gasteiger charge is -2.34. The molecule has 110 valence electrons. The highest BCUT2D eigenvalue weighted by Gasteiger charge is 2.42. The summed E-state index contributed by atoms with van der Waals surface area (Å²) in [5, 5.41) is 19.3. The van der Waals surface area contributed by atoms with E-state index in [0.29, 0.717) is 24.0 Å². The predicted molar refractivity (Wildman–Crippen MR) is 70.2 cm³/mol. The molecule has 1 fully saturated rings. The number of hydrogen-bond donors (Lipinski definition) is 2. The Morgan fingerprint density at radius 2 is 1.85 bits per heavy atom. The van der Waals surface area contributed by atoms with Crippen molar-refractivity contribution in [2.24, 2.45) is 0 Å². The molecule has 3 nitrogen and oxygen atoms in total. The first kappa shape index (κ1) is 14.8. The number of aromatic hydroxyl groups is 1. The van der Waals surface area contributed by atoms with E-state index < -0.39 is 29.1 Å². The largest absolute Gasteiger partial charge is 0.507 e. The average Bonchev–Trinajstić information content (AvgIpc) is 2.41. The fourth-order valence-corrected chi connectivity index (χ4v) is 3.03. The number of hydrogen-bond acceptors (Lipinski definition) is 2. The standard InChI is InChI=1S/C15H18F2O3/c1-9-7-10(8-11(12(9)18)13(16)17)15(14(19)20)5-3-2-4-6-15/h7-8,13,18H,2-6H2,1H3,(H,19,20). The number of carboxylic acids is 1. The minimum atomic E-state index is -2.82. The Labute approximate surface area is 116 Å². The molecule has 0 atom stereocenters. The van der Waals surface area contributed by atoms with Gasteiger partial charge in [-0.05, 0) is 37.0 Å². The van der Waals surface area contributed by atoms with E-state index in [4.69, 9.17) is 0 Å². The number of carboxylic acid groups (broad SMARTS) is 1. The van der Waals surface area contributed by atoms with Gasteiger partial charge in [0, 0.05) is 0 Å². The van der Waals surface area contributed by atoms with Crippen LogP contribution >= 0.6 is 0 Å². The van der Waals surface area contributed by atoms with Crippen LogP contribution in [0.25, 0.3) is 0 Å². The van der Waals surface area contributed by atoms with E-state index in [9.17, 15) is 23.8 Å². The number of carbonyl (C=O) groups is 1. The summed E-state index contributed by atoms with van der Waals surface area (Å²) >= 11 is 0. The highest BCUT2D eigenvalue weighted by atomic mass is 19.3. The summed E-state index contributed by atoms with van der Waals surface area (Å²) in [5.41, 5.74) is -0.897. The molecule has 1 aliphatic rings. The second-order valence-corrected chi connectivity index (χ2v) is 5.48. The summed E-state index contributed by atoms with van der Waals surface area (Å²) in [6, 6.07) is 2.69. The maximum atomic E-state index is 13.0. The number of aliphatic carboxylic acids is 1. The number of phenolic OH excluding ortho intramolecular Hbond substituents is 1. The van der Waals surface area contributed by atoms with Gasteiger partial charge in [0.2, 0.25) is 0 Å². The van der Waals surface area contributed by atoms with Crippen molar-refractivity contribution in [3.63, 3.8) is 0 Å². The first-order valence-corrected chi connectivity index (χ1v) is 6.74. The van der Waals surface area contributed by atoms with Crippen LogP contribution in [0, 0.1) is 6.92 Å². The van der Waals surface area contributed by atoms with Gasteiger partial charge in [0.15, 0.2) is 0 Å². The Morgan fingerprint density at radius 1 is 1.25 bits per heavy atom. The summed E-state index contributed by atoms with van der Waals surface area (Å²) in [5.74, 6) is -1.41. The number of alkyl halides is 2. The minimum Gasteiger partial charge on any atom is -0.507 e. The first-order valence-electron chi connectivity index (χ1n) is 6.74. The number of phenols is 1. The lowest BCUT2D eigenvalue weighted by molar-refractivity contribution is -0.145. The van der Waals surface area contributed by atoms with Crippen molar-refractivity contribution >= 4 is 5.97 Å². The van der Waals surface area contributed by atoms with Crippen molar-refractivity contribution in [2.45, 2.75) is 50.9 Å². The maximum absolute atomic E-state index is 13.0. The van der Waals surface area contributed by atoms with Crippen molar-refractivity contribution in [1.29, 1.82) is 0 Å². The molecule has 0 unspecified atom stereocenters. The zero-order valence-electron chi connectivity index (χ0n) is 11.3. The van der Waals surface area contributed by atoms with Gasteiger partial charge in [-0.15, -0.1) is 0 Å². The highest BCUT2D eigenvalue weighted by molar-refractivity contribution is 5.82. The molecule has 0 aromatic heterocycles. The van der Waals surface area contributed by atoms with E-state index in [1.165, 1.54) is 13.0 Å². The quantitative estimate of drug-likeness (QED) is 0.884. The molecule has 0 spiro atoms. The lowest BCUT2D eigenvalue weighted by atomic mass is 9.69. The van der Waals surface area contributed by atoms with Crippen LogP contribution in [0.2, 0.25) is 0 Å². The number of rotatable bonds is 3. The molecular weight excluding hydrogens is 266 g/mol. The monoisotopic (exact) mass is 284 g/mol. The van der Waals surface area contributed by atoms with Crippen LogP contribution in [0.1, 0.15) is 55.2 Å². The molecule has 0 amide bonds. The topological polar surface area (TPSA) is 57.5 Å². The average molecular weight is 284 g/mol. The van der Waals surface area contributed by atoms with Gasteiger partial charge in [0.05, 0.1) is 11.0 Å². The molecule has 5 heteroatoms. The maximum Gasteiger partial charge on any atom is 0.314 e. The summed E-state index contributed by atoms with van der Waals surface area (Å²) < 4.78 is 25.9. The third-order valence-electron chi connectivity index (χ3n) is 4.23. The van der Waals surface area contributed by atoms with E-state index in [-0.39, 0.29) is 0 Å². The van der Waals surface area contributed by atoms with Crippen LogP contribution in [-0.2, 0) is 10.2 Å². The van der Waals surface area contributed by atoms with Gasteiger partial charge in [-0.25, -0.2) is 8.78 Å². The molecule has 0 radical (unpaired) electrons. The van der Waals surface area contributed by atoms with Crippen molar-refractivity contribution < 1.29 is 23.8 Å². The lowest BCUT2D eigenvalue weighted by Crippen LogP contribution is -2.38. The van der Waals surface area contributed by atoms with E-state index >= 15 is 0 Å². The minimum absolute atomic E-state index is 0.295. The second-order valence-electron chi connectivity index (χ2n) is 5.48. The molecule has 2 N–H and O–H groups in total. The molecule has 1 aromatic carbocycles. The fraction of sp³-hybridized carbons (Fsp3) is 0.533. The van der Waals surface area contributed by atoms with Crippen molar-refractivity contribution in [2.75, 3.05) is 0 Å². The van der Waals surface area contributed by atoms with Gasteiger partial charge >= 0.3 is 5.97 Å². The van der Waals surface area contributed by atoms with E-state index in [1.807, 2.05) is 0 Å². The van der Waals surface area contributed by atoms with Crippen molar-refractivity contribution in [1.82, 2.24) is 0 Å². The molecule has 1 saturated carbocycles. The van der Waals surface area contributed by atoms with E-state index in [2.05, 4.69) is 0 Å².